The second-order valence-electron chi connectivity index (χ2n) is 6.16. The van der Waals surface area contributed by atoms with Crippen molar-refractivity contribution in [3.05, 3.63) is 94.0 Å². The zero-order valence-corrected chi connectivity index (χ0v) is 11.8. The Hall–Kier alpha value is -2.74. The molecule has 2 N–H and O–H groups in total. The SMILES string of the molecule is Oc1ccc2c(c1)C1c3ccc(cc3)C2c2ccc(O)cc21. The van der Waals surface area contributed by atoms with Gasteiger partial charge in [0, 0.05) is 11.8 Å². The van der Waals surface area contributed by atoms with Gasteiger partial charge in [0.1, 0.15) is 11.5 Å². The number of phenolic OH excluding ortho intramolecular Hbond substituents is 2. The molecule has 0 atom stereocenters. The average molecular weight is 286 g/mol. The number of rotatable bonds is 0. The lowest BCUT2D eigenvalue weighted by Crippen LogP contribution is -2.22. The van der Waals surface area contributed by atoms with E-state index in [-0.39, 0.29) is 11.8 Å². The molecule has 0 radical (unpaired) electrons. The second kappa shape index (κ2) is 3.92. The van der Waals surface area contributed by atoms with Gasteiger partial charge in [-0.2, -0.15) is 0 Å². The first-order valence-electron chi connectivity index (χ1n) is 7.48. The highest BCUT2D eigenvalue weighted by Gasteiger charge is 2.36. The lowest BCUT2D eigenvalue weighted by atomic mass is 9.66. The fourth-order valence-electron chi connectivity index (χ4n) is 4.08. The topological polar surface area (TPSA) is 40.5 Å². The van der Waals surface area contributed by atoms with Gasteiger partial charge in [0.25, 0.3) is 0 Å². The Morgan fingerprint density at radius 2 is 0.909 bits per heavy atom. The number of hydrogen-bond donors (Lipinski definition) is 2. The maximum atomic E-state index is 9.95. The van der Waals surface area contributed by atoms with E-state index in [9.17, 15) is 10.2 Å². The van der Waals surface area contributed by atoms with Gasteiger partial charge in [0.2, 0.25) is 0 Å². The van der Waals surface area contributed by atoms with Gasteiger partial charge in [0.15, 0.2) is 0 Å². The van der Waals surface area contributed by atoms with Crippen LogP contribution in [0.2, 0.25) is 0 Å². The Balaban J connectivity index is 1.95. The normalized spacial score (nSPS) is 20.2. The first-order chi connectivity index (χ1) is 10.7. The molecule has 0 spiro atoms. The molecule has 4 bridgehead atoms. The molecule has 2 heteroatoms. The van der Waals surface area contributed by atoms with Gasteiger partial charge < -0.3 is 10.2 Å². The summed E-state index contributed by atoms with van der Waals surface area (Å²) in [6, 6.07) is 20.1. The van der Waals surface area contributed by atoms with Crippen molar-refractivity contribution in [1.29, 1.82) is 0 Å². The Bertz CT molecular complexity index is 856. The molecular weight excluding hydrogens is 272 g/mol. The van der Waals surface area contributed by atoms with E-state index in [1.807, 2.05) is 24.3 Å². The van der Waals surface area contributed by atoms with Crippen LogP contribution < -0.4 is 0 Å². The summed E-state index contributed by atoms with van der Waals surface area (Å²) in [4.78, 5) is 0. The van der Waals surface area contributed by atoms with Gasteiger partial charge in [-0.15, -0.1) is 0 Å². The van der Waals surface area contributed by atoms with Crippen LogP contribution in [-0.2, 0) is 0 Å². The Morgan fingerprint density at radius 3 is 1.36 bits per heavy atom. The number of phenols is 2. The average Bonchev–Trinajstić information content (AvgIpc) is 2.50. The van der Waals surface area contributed by atoms with E-state index in [0.717, 1.165) is 11.1 Å². The molecule has 0 aromatic heterocycles. The van der Waals surface area contributed by atoms with Gasteiger partial charge in [-0.3, -0.25) is 0 Å². The summed E-state index contributed by atoms with van der Waals surface area (Å²) in [6.07, 6.45) is 0. The molecule has 0 saturated carbocycles. The van der Waals surface area contributed by atoms with Crippen molar-refractivity contribution in [1.82, 2.24) is 0 Å². The number of benzene rings is 3. The van der Waals surface area contributed by atoms with E-state index in [4.69, 9.17) is 0 Å². The van der Waals surface area contributed by atoms with E-state index in [1.165, 1.54) is 22.3 Å². The van der Waals surface area contributed by atoms with E-state index in [0.29, 0.717) is 11.5 Å². The Morgan fingerprint density at radius 1 is 0.500 bits per heavy atom. The third-order valence-electron chi connectivity index (χ3n) is 4.99. The van der Waals surface area contributed by atoms with E-state index >= 15 is 0 Å². The Kier molecular flexibility index (Phi) is 2.11. The highest BCUT2D eigenvalue weighted by atomic mass is 16.3. The van der Waals surface area contributed by atoms with Crippen LogP contribution in [0.1, 0.15) is 45.2 Å². The second-order valence-corrected chi connectivity index (χ2v) is 6.16. The molecular formula is C20H14O2. The van der Waals surface area contributed by atoms with Gasteiger partial charge in [0.05, 0.1) is 0 Å². The van der Waals surface area contributed by atoms with E-state index in [1.54, 1.807) is 12.1 Å². The minimum Gasteiger partial charge on any atom is -0.508 e. The molecule has 2 nitrogen and oxygen atoms in total. The molecule has 5 aliphatic rings. The lowest BCUT2D eigenvalue weighted by molar-refractivity contribution is 0.472. The smallest absolute Gasteiger partial charge is 0.115 e. The molecule has 5 aliphatic carbocycles. The molecule has 3 aromatic rings. The molecule has 0 saturated heterocycles. The minimum atomic E-state index is 0.0646. The van der Waals surface area contributed by atoms with E-state index < -0.39 is 0 Å². The molecule has 8 rings (SSSR count). The zero-order chi connectivity index (χ0) is 14.8. The van der Waals surface area contributed by atoms with Crippen LogP contribution in [0.4, 0.5) is 0 Å². The van der Waals surface area contributed by atoms with Gasteiger partial charge in [-0.05, 0) is 57.6 Å². The summed E-state index contributed by atoms with van der Waals surface area (Å²) in [5, 5.41) is 19.9. The summed E-state index contributed by atoms with van der Waals surface area (Å²) in [5.74, 6) is 0.814. The van der Waals surface area contributed by atoms with Crippen molar-refractivity contribution < 1.29 is 10.2 Å². The highest BCUT2D eigenvalue weighted by Crippen LogP contribution is 2.52. The summed E-state index contributed by atoms with van der Waals surface area (Å²) >= 11 is 0. The van der Waals surface area contributed by atoms with E-state index in [2.05, 4.69) is 24.3 Å². The first-order valence-corrected chi connectivity index (χ1v) is 7.48. The predicted molar refractivity (Wildman–Crippen MR) is 84.5 cm³/mol. The quantitative estimate of drug-likeness (QED) is 0.450. The monoisotopic (exact) mass is 286 g/mol. The molecule has 0 aliphatic heterocycles. The van der Waals surface area contributed by atoms with Crippen molar-refractivity contribution in [2.45, 2.75) is 11.8 Å². The van der Waals surface area contributed by atoms with Crippen LogP contribution in [0.15, 0.2) is 60.7 Å². The standard InChI is InChI=1S/C20H14O2/c21-13-5-7-15-17(9-13)20-12-3-1-11(2-4-12)19(15)16-8-6-14(22)10-18(16)20/h1-10,19-22H. The predicted octanol–water partition coefficient (Wildman–Crippen LogP) is 4.09. The van der Waals surface area contributed by atoms with Crippen LogP contribution in [0.5, 0.6) is 11.5 Å². The molecule has 0 heterocycles. The van der Waals surface area contributed by atoms with Crippen molar-refractivity contribution >= 4 is 0 Å². The summed E-state index contributed by atoms with van der Waals surface area (Å²) < 4.78 is 0. The van der Waals surface area contributed by atoms with Crippen LogP contribution in [0.3, 0.4) is 0 Å². The van der Waals surface area contributed by atoms with Crippen LogP contribution in [-0.4, -0.2) is 10.2 Å². The highest BCUT2D eigenvalue weighted by molar-refractivity contribution is 5.64. The van der Waals surface area contributed by atoms with Crippen molar-refractivity contribution in [3.8, 4) is 11.5 Å². The maximum absolute atomic E-state index is 9.95. The summed E-state index contributed by atoms with van der Waals surface area (Å²) in [5.41, 5.74) is 7.24. The minimum absolute atomic E-state index is 0.0646. The summed E-state index contributed by atoms with van der Waals surface area (Å²) in [6.45, 7) is 0. The van der Waals surface area contributed by atoms with Crippen molar-refractivity contribution in [2.75, 3.05) is 0 Å². The maximum Gasteiger partial charge on any atom is 0.115 e. The van der Waals surface area contributed by atoms with Gasteiger partial charge in [-0.1, -0.05) is 36.4 Å². The van der Waals surface area contributed by atoms with Crippen LogP contribution in [0.25, 0.3) is 0 Å². The Labute approximate surface area is 128 Å². The zero-order valence-electron chi connectivity index (χ0n) is 11.8. The molecule has 3 aromatic carbocycles. The molecule has 22 heavy (non-hydrogen) atoms. The van der Waals surface area contributed by atoms with Crippen LogP contribution in [0, 0.1) is 0 Å². The third-order valence-corrected chi connectivity index (χ3v) is 4.99. The lowest BCUT2D eigenvalue weighted by Gasteiger charge is -2.37. The van der Waals surface area contributed by atoms with Gasteiger partial charge >= 0.3 is 0 Å². The largest absolute Gasteiger partial charge is 0.508 e. The third kappa shape index (κ3) is 1.39. The molecule has 0 unspecified atom stereocenters. The number of hydrogen-bond acceptors (Lipinski definition) is 2. The fraction of sp³-hybridized carbons (Fsp3) is 0.100. The molecule has 106 valence electrons. The van der Waals surface area contributed by atoms with Crippen LogP contribution >= 0.6 is 0 Å². The number of aromatic hydroxyl groups is 2. The van der Waals surface area contributed by atoms with Crippen molar-refractivity contribution in [2.24, 2.45) is 0 Å². The van der Waals surface area contributed by atoms with Crippen molar-refractivity contribution in [3.63, 3.8) is 0 Å². The molecule has 0 fully saturated rings. The molecule has 0 amide bonds. The summed E-state index contributed by atoms with van der Waals surface area (Å²) in [7, 11) is 0. The first kappa shape index (κ1) is 11.9. The fourth-order valence-corrected chi connectivity index (χ4v) is 4.08. The van der Waals surface area contributed by atoms with Gasteiger partial charge in [-0.25, -0.2) is 0 Å².